The summed E-state index contributed by atoms with van der Waals surface area (Å²) in [5, 5.41) is 8.43. The summed E-state index contributed by atoms with van der Waals surface area (Å²) in [4.78, 5) is 12.5. The molecule has 0 unspecified atom stereocenters. The minimum atomic E-state index is -0.141. The van der Waals surface area contributed by atoms with E-state index < -0.39 is 0 Å². The number of aromatic nitrogens is 2. The zero-order chi connectivity index (χ0) is 21.0. The fourth-order valence-electron chi connectivity index (χ4n) is 4.07. The first-order valence-electron chi connectivity index (χ1n) is 10.3. The molecule has 0 radical (unpaired) electrons. The number of amides is 1. The van der Waals surface area contributed by atoms with Crippen molar-refractivity contribution in [2.24, 2.45) is 11.8 Å². The molecular weight excluding hydrogens is 382 g/mol. The van der Waals surface area contributed by atoms with E-state index in [2.05, 4.69) is 35.1 Å². The fourth-order valence-corrected chi connectivity index (χ4v) is 4.28. The van der Waals surface area contributed by atoms with Crippen molar-refractivity contribution in [3.63, 3.8) is 0 Å². The lowest BCUT2D eigenvalue weighted by molar-refractivity contribution is -0.121. The van der Waals surface area contributed by atoms with Gasteiger partial charge in [-0.25, -0.2) is 4.68 Å². The summed E-state index contributed by atoms with van der Waals surface area (Å²) in [5.74, 6) is 1.11. The molecule has 0 saturated heterocycles. The van der Waals surface area contributed by atoms with Crippen molar-refractivity contribution in [3.8, 4) is 5.69 Å². The van der Waals surface area contributed by atoms with Gasteiger partial charge in [0.2, 0.25) is 5.91 Å². The second-order valence-electron chi connectivity index (χ2n) is 8.09. The van der Waals surface area contributed by atoms with Crippen molar-refractivity contribution < 1.29 is 4.79 Å². The highest BCUT2D eigenvalue weighted by Crippen LogP contribution is 2.29. The maximum absolute atomic E-state index is 12.5. The average molecular weight is 414 g/mol. The van der Waals surface area contributed by atoms with Crippen LogP contribution in [0.15, 0.2) is 30.3 Å². The predicted octanol–water partition coefficient (Wildman–Crippen LogP) is 3.35. The number of carbonyl (C=O) groups excluding carboxylic acids is 1. The first kappa shape index (κ1) is 21.3. The largest absolute Gasteiger partial charge is 0.358 e. The molecule has 156 valence electrons. The normalized spacial score (nSPS) is 21.4. The molecule has 1 aromatic carbocycles. The summed E-state index contributed by atoms with van der Waals surface area (Å²) in [6.45, 7) is 8.47. The topological polar surface area (TPSA) is 71.0 Å². The Morgan fingerprint density at radius 2 is 1.90 bits per heavy atom. The van der Waals surface area contributed by atoms with Gasteiger partial charge in [0.25, 0.3) is 0 Å². The number of aryl methyl sites for hydroxylation is 1. The second-order valence-corrected chi connectivity index (χ2v) is 8.50. The average Bonchev–Trinajstić information content (AvgIpc) is 2.99. The van der Waals surface area contributed by atoms with Crippen LogP contribution in [0.25, 0.3) is 5.69 Å². The Hall–Kier alpha value is -2.41. The zero-order valence-electron chi connectivity index (χ0n) is 17.7. The van der Waals surface area contributed by atoms with Crippen molar-refractivity contribution in [1.29, 1.82) is 0 Å². The minimum Gasteiger partial charge on any atom is -0.358 e. The zero-order valence-corrected chi connectivity index (χ0v) is 18.5. The van der Waals surface area contributed by atoms with Gasteiger partial charge < -0.3 is 5.32 Å². The summed E-state index contributed by atoms with van der Waals surface area (Å²) >= 11 is 5.38. The van der Waals surface area contributed by atoms with Crippen LogP contribution >= 0.6 is 12.2 Å². The summed E-state index contributed by atoms with van der Waals surface area (Å²) in [6, 6.07) is 10.3. The van der Waals surface area contributed by atoms with E-state index in [1.165, 1.54) is 12.8 Å². The first-order chi connectivity index (χ1) is 13.9. The van der Waals surface area contributed by atoms with E-state index in [1.807, 2.05) is 48.9 Å². The van der Waals surface area contributed by atoms with Gasteiger partial charge in [0.1, 0.15) is 0 Å². The van der Waals surface area contributed by atoms with Crippen LogP contribution in [0.1, 0.15) is 50.1 Å². The van der Waals surface area contributed by atoms with Gasteiger partial charge in [-0.15, -0.1) is 0 Å². The van der Waals surface area contributed by atoms with E-state index in [4.69, 9.17) is 12.2 Å². The Bertz CT molecular complexity index is 864. The van der Waals surface area contributed by atoms with E-state index in [0.717, 1.165) is 29.1 Å². The highest BCUT2D eigenvalue weighted by atomic mass is 32.1. The minimum absolute atomic E-state index is 0.141. The third kappa shape index (κ3) is 5.15. The molecule has 1 amide bonds. The third-order valence-corrected chi connectivity index (χ3v) is 6.34. The van der Waals surface area contributed by atoms with Crippen LogP contribution in [0.5, 0.6) is 0 Å². The van der Waals surface area contributed by atoms with Crippen LogP contribution in [0.2, 0.25) is 0 Å². The van der Waals surface area contributed by atoms with Crippen molar-refractivity contribution in [2.45, 2.75) is 59.4 Å². The molecule has 0 aliphatic heterocycles. The van der Waals surface area contributed by atoms with Crippen molar-refractivity contribution in [1.82, 2.24) is 25.9 Å². The molecule has 29 heavy (non-hydrogen) atoms. The fraction of sp³-hybridized carbons (Fsp3) is 0.500. The molecule has 1 heterocycles. The van der Waals surface area contributed by atoms with Crippen LogP contribution in [-0.2, 0) is 11.2 Å². The number of hydrogen-bond acceptors (Lipinski definition) is 3. The first-order valence-corrected chi connectivity index (χ1v) is 10.7. The summed E-state index contributed by atoms with van der Waals surface area (Å²) in [6.07, 6.45) is 3.84. The third-order valence-electron chi connectivity index (χ3n) is 6.12. The Morgan fingerprint density at radius 1 is 1.17 bits per heavy atom. The van der Waals surface area contributed by atoms with Crippen LogP contribution in [0.3, 0.4) is 0 Å². The molecule has 3 rings (SSSR count). The highest BCUT2D eigenvalue weighted by Gasteiger charge is 2.27. The maximum atomic E-state index is 12.5. The lowest BCUT2D eigenvalue weighted by Gasteiger charge is -2.35. The van der Waals surface area contributed by atoms with Crippen LogP contribution in [0, 0.1) is 25.7 Å². The smallest absolute Gasteiger partial charge is 0.242 e. The van der Waals surface area contributed by atoms with Gasteiger partial charge in [0.05, 0.1) is 17.8 Å². The molecule has 1 saturated carbocycles. The number of rotatable bonds is 4. The molecular formula is C22H31N5OS. The molecule has 6 nitrogen and oxygen atoms in total. The summed E-state index contributed by atoms with van der Waals surface area (Å²) in [7, 11) is 0. The monoisotopic (exact) mass is 413 g/mol. The standard InChI is InChI=1S/C22H31N5OS/c1-14-9-8-12-20(15(14)2)23-22(29)25-24-21(28)13-19-16(3)26-27(17(19)4)18-10-6-5-7-11-18/h5-7,10-11,14-15,20H,8-9,12-13H2,1-4H3,(H,24,28)(H2,23,25,29)/t14-,15-,20+/m0/s1. The molecule has 7 heteroatoms. The predicted molar refractivity (Wildman–Crippen MR) is 120 cm³/mol. The SMILES string of the molecule is Cc1nn(-c2ccccc2)c(C)c1CC(=O)NNC(=S)N[C@@H]1CCC[C@H](C)[C@@H]1C. The number of hydrazine groups is 1. The molecule has 1 fully saturated rings. The number of nitrogens with zero attached hydrogens (tertiary/aromatic N) is 2. The number of para-hydroxylation sites is 1. The molecule has 0 spiro atoms. The van der Waals surface area contributed by atoms with Gasteiger partial charge in [0, 0.05) is 17.3 Å². The van der Waals surface area contributed by atoms with Gasteiger partial charge in [-0.05, 0) is 56.5 Å². The highest BCUT2D eigenvalue weighted by molar-refractivity contribution is 7.80. The Morgan fingerprint density at radius 3 is 2.62 bits per heavy atom. The molecule has 1 aliphatic rings. The number of hydrogen-bond donors (Lipinski definition) is 3. The molecule has 2 aromatic rings. The van der Waals surface area contributed by atoms with Gasteiger partial charge in [-0.2, -0.15) is 5.10 Å². The van der Waals surface area contributed by atoms with Crippen molar-refractivity contribution in [2.75, 3.05) is 0 Å². The Balaban J connectivity index is 1.55. The molecule has 3 atom stereocenters. The summed E-state index contributed by atoms with van der Waals surface area (Å²) in [5.41, 5.74) is 9.32. The molecule has 1 aliphatic carbocycles. The van der Waals surface area contributed by atoms with Gasteiger partial charge >= 0.3 is 0 Å². The van der Waals surface area contributed by atoms with Gasteiger partial charge in [0.15, 0.2) is 5.11 Å². The van der Waals surface area contributed by atoms with E-state index in [0.29, 0.717) is 23.0 Å². The van der Waals surface area contributed by atoms with E-state index in [-0.39, 0.29) is 12.3 Å². The Labute approximate surface area is 178 Å². The van der Waals surface area contributed by atoms with Crippen LogP contribution < -0.4 is 16.2 Å². The maximum Gasteiger partial charge on any atom is 0.242 e. The lowest BCUT2D eigenvalue weighted by atomic mass is 9.78. The number of thiocarbonyl (C=S) groups is 1. The number of benzene rings is 1. The Kier molecular flexibility index (Phi) is 6.90. The van der Waals surface area contributed by atoms with E-state index in [1.54, 1.807) is 0 Å². The molecule has 1 aromatic heterocycles. The van der Waals surface area contributed by atoms with E-state index in [9.17, 15) is 4.79 Å². The van der Waals surface area contributed by atoms with Crippen molar-refractivity contribution >= 4 is 23.2 Å². The van der Waals surface area contributed by atoms with Gasteiger partial charge in [-0.1, -0.05) is 44.9 Å². The summed E-state index contributed by atoms with van der Waals surface area (Å²) < 4.78 is 1.88. The second kappa shape index (κ2) is 9.39. The van der Waals surface area contributed by atoms with E-state index >= 15 is 0 Å². The van der Waals surface area contributed by atoms with Crippen LogP contribution in [0.4, 0.5) is 0 Å². The van der Waals surface area contributed by atoms with Gasteiger partial charge in [-0.3, -0.25) is 15.6 Å². The lowest BCUT2D eigenvalue weighted by Crippen LogP contribution is -2.52. The number of nitrogens with one attached hydrogen (secondary N) is 3. The molecule has 3 N–H and O–H groups in total. The molecule has 0 bridgehead atoms. The number of carbonyl (C=O) groups is 1. The van der Waals surface area contributed by atoms with Crippen LogP contribution in [-0.4, -0.2) is 26.8 Å². The van der Waals surface area contributed by atoms with Crippen molar-refractivity contribution in [3.05, 3.63) is 47.3 Å². The quantitative estimate of drug-likeness (QED) is 0.530.